The SMILES string of the molecule is CCCC1CCC(c2noc(CC(C)(C)N)n2)CC1. The van der Waals surface area contributed by atoms with Crippen LogP contribution >= 0.6 is 0 Å². The molecule has 1 heterocycles. The molecule has 1 aliphatic rings. The van der Waals surface area contributed by atoms with Crippen LogP contribution in [-0.4, -0.2) is 15.7 Å². The Kier molecular flexibility index (Phi) is 4.61. The summed E-state index contributed by atoms with van der Waals surface area (Å²) in [5.41, 5.74) is 5.69. The van der Waals surface area contributed by atoms with Gasteiger partial charge in [-0.1, -0.05) is 24.9 Å². The van der Waals surface area contributed by atoms with E-state index >= 15 is 0 Å². The van der Waals surface area contributed by atoms with Crippen LogP contribution in [0.5, 0.6) is 0 Å². The maximum absolute atomic E-state index is 5.98. The van der Waals surface area contributed by atoms with Crippen LogP contribution in [0.2, 0.25) is 0 Å². The van der Waals surface area contributed by atoms with Gasteiger partial charge >= 0.3 is 0 Å². The van der Waals surface area contributed by atoms with E-state index in [2.05, 4.69) is 17.1 Å². The van der Waals surface area contributed by atoms with Crippen molar-refractivity contribution in [3.8, 4) is 0 Å². The third kappa shape index (κ3) is 4.30. The van der Waals surface area contributed by atoms with Crippen LogP contribution in [0.3, 0.4) is 0 Å². The molecule has 1 fully saturated rings. The van der Waals surface area contributed by atoms with Crippen molar-refractivity contribution in [2.24, 2.45) is 11.7 Å². The summed E-state index contributed by atoms with van der Waals surface area (Å²) in [4.78, 5) is 4.53. The largest absolute Gasteiger partial charge is 0.339 e. The third-order valence-electron chi connectivity index (χ3n) is 4.00. The third-order valence-corrected chi connectivity index (χ3v) is 4.00. The van der Waals surface area contributed by atoms with E-state index in [4.69, 9.17) is 10.3 Å². The molecule has 0 saturated heterocycles. The Bertz CT molecular complexity index is 386. The summed E-state index contributed by atoms with van der Waals surface area (Å²) in [6.07, 6.45) is 8.34. The van der Waals surface area contributed by atoms with E-state index in [-0.39, 0.29) is 5.54 Å². The molecule has 4 heteroatoms. The minimum atomic E-state index is -0.289. The van der Waals surface area contributed by atoms with Gasteiger partial charge in [0.15, 0.2) is 5.82 Å². The Labute approximate surface area is 116 Å². The van der Waals surface area contributed by atoms with Crippen LogP contribution in [0.15, 0.2) is 4.52 Å². The van der Waals surface area contributed by atoms with Gasteiger partial charge in [-0.05, 0) is 45.4 Å². The summed E-state index contributed by atoms with van der Waals surface area (Å²) >= 11 is 0. The van der Waals surface area contributed by atoms with E-state index in [1.807, 2.05) is 13.8 Å². The number of nitrogens with two attached hydrogens (primary N) is 1. The highest BCUT2D eigenvalue weighted by atomic mass is 16.5. The monoisotopic (exact) mass is 265 g/mol. The molecule has 0 aliphatic heterocycles. The molecule has 0 spiro atoms. The summed E-state index contributed by atoms with van der Waals surface area (Å²) in [6, 6.07) is 0. The van der Waals surface area contributed by atoms with Gasteiger partial charge in [0.1, 0.15) is 0 Å². The van der Waals surface area contributed by atoms with Gasteiger partial charge in [-0.15, -0.1) is 0 Å². The van der Waals surface area contributed by atoms with E-state index in [0.29, 0.717) is 18.2 Å². The van der Waals surface area contributed by atoms with Gasteiger partial charge in [-0.25, -0.2) is 0 Å². The standard InChI is InChI=1S/C15H27N3O/c1-4-5-11-6-8-12(9-7-11)14-17-13(19-18-14)10-15(2,3)16/h11-12H,4-10,16H2,1-3H3. The second-order valence-electron chi connectivity index (χ2n) is 6.72. The molecule has 1 aromatic heterocycles. The number of nitrogens with zero attached hydrogens (tertiary/aromatic N) is 2. The van der Waals surface area contributed by atoms with Crippen molar-refractivity contribution in [1.29, 1.82) is 0 Å². The Morgan fingerprint density at radius 3 is 2.53 bits per heavy atom. The van der Waals surface area contributed by atoms with E-state index in [9.17, 15) is 0 Å². The van der Waals surface area contributed by atoms with Crippen LogP contribution < -0.4 is 5.73 Å². The molecule has 0 unspecified atom stereocenters. The normalized spacial score (nSPS) is 24.6. The second-order valence-corrected chi connectivity index (χ2v) is 6.72. The quantitative estimate of drug-likeness (QED) is 0.886. The van der Waals surface area contributed by atoms with Gasteiger partial charge in [0, 0.05) is 17.9 Å². The van der Waals surface area contributed by atoms with Gasteiger partial charge in [0.25, 0.3) is 0 Å². The van der Waals surface area contributed by atoms with Crippen molar-refractivity contribution in [2.45, 2.75) is 77.2 Å². The van der Waals surface area contributed by atoms with Gasteiger partial charge in [0.2, 0.25) is 5.89 Å². The predicted molar refractivity (Wildman–Crippen MR) is 75.9 cm³/mol. The molecule has 4 nitrogen and oxygen atoms in total. The smallest absolute Gasteiger partial charge is 0.228 e. The zero-order valence-electron chi connectivity index (χ0n) is 12.5. The first kappa shape index (κ1) is 14.5. The zero-order valence-corrected chi connectivity index (χ0v) is 12.5. The fraction of sp³-hybridized carbons (Fsp3) is 0.867. The first-order chi connectivity index (χ1) is 8.98. The average molecular weight is 265 g/mol. The lowest BCUT2D eigenvalue weighted by molar-refractivity contribution is 0.293. The Hall–Kier alpha value is -0.900. The Morgan fingerprint density at radius 1 is 1.26 bits per heavy atom. The van der Waals surface area contributed by atoms with E-state index in [0.717, 1.165) is 11.7 Å². The van der Waals surface area contributed by atoms with Gasteiger partial charge in [0.05, 0.1) is 0 Å². The molecular formula is C15H27N3O. The molecule has 2 rings (SSSR count). The fourth-order valence-electron chi connectivity index (χ4n) is 3.01. The van der Waals surface area contributed by atoms with Gasteiger partial charge in [-0.3, -0.25) is 0 Å². The molecule has 1 aliphatic carbocycles. The molecule has 19 heavy (non-hydrogen) atoms. The topological polar surface area (TPSA) is 64.9 Å². The number of rotatable bonds is 5. The maximum atomic E-state index is 5.98. The predicted octanol–water partition coefficient (Wildman–Crippen LogP) is 3.42. The van der Waals surface area contributed by atoms with Crippen molar-refractivity contribution in [1.82, 2.24) is 10.1 Å². The summed E-state index contributed by atoms with van der Waals surface area (Å²) in [5, 5.41) is 4.15. The van der Waals surface area contributed by atoms with Crippen LogP contribution in [0, 0.1) is 5.92 Å². The van der Waals surface area contributed by atoms with E-state index < -0.39 is 0 Å². The van der Waals surface area contributed by atoms with Crippen LogP contribution in [0.1, 0.15) is 76.9 Å². The van der Waals surface area contributed by atoms with Gasteiger partial charge in [-0.2, -0.15) is 4.98 Å². The molecule has 2 N–H and O–H groups in total. The van der Waals surface area contributed by atoms with Crippen molar-refractivity contribution in [3.05, 3.63) is 11.7 Å². The minimum Gasteiger partial charge on any atom is -0.339 e. The fourth-order valence-corrected chi connectivity index (χ4v) is 3.01. The highest BCUT2D eigenvalue weighted by Crippen LogP contribution is 2.36. The lowest BCUT2D eigenvalue weighted by Gasteiger charge is -2.26. The zero-order chi connectivity index (χ0) is 13.9. The molecular weight excluding hydrogens is 238 g/mol. The minimum absolute atomic E-state index is 0.289. The van der Waals surface area contributed by atoms with Crippen molar-refractivity contribution in [2.75, 3.05) is 0 Å². The van der Waals surface area contributed by atoms with E-state index in [1.165, 1.54) is 38.5 Å². The first-order valence-corrected chi connectivity index (χ1v) is 7.59. The molecule has 0 amide bonds. The van der Waals surface area contributed by atoms with Crippen LogP contribution in [0.4, 0.5) is 0 Å². The number of aromatic nitrogens is 2. The molecule has 0 bridgehead atoms. The van der Waals surface area contributed by atoms with Crippen LogP contribution in [-0.2, 0) is 6.42 Å². The van der Waals surface area contributed by atoms with Crippen LogP contribution in [0.25, 0.3) is 0 Å². The summed E-state index contributed by atoms with van der Waals surface area (Å²) in [6.45, 7) is 6.23. The molecule has 0 atom stereocenters. The van der Waals surface area contributed by atoms with Gasteiger partial charge < -0.3 is 10.3 Å². The summed E-state index contributed by atoms with van der Waals surface area (Å²) < 4.78 is 5.33. The number of hydrogen-bond donors (Lipinski definition) is 1. The Balaban J connectivity index is 1.90. The second kappa shape index (κ2) is 6.04. The summed E-state index contributed by atoms with van der Waals surface area (Å²) in [7, 11) is 0. The number of hydrogen-bond acceptors (Lipinski definition) is 4. The summed E-state index contributed by atoms with van der Waals surface area (Å²) in [5.74, 6) is 2.98. The lowest BCUT2D eigenvalue weighted by atomic mass is 9.80. The molecule has 0 radical (unpaired) electrons. The molecule has 1 saturated carbocycles. The highest BCUT2D eigenvalue weighted by Gasteiger charge is 2.26. The maximum Gasteiger partial charge on any atom is 0.228 e. The lowest BCUT2D eigenvalue weighted by Crippen LogP contribution is -2.34. The van der Waals surface area contributed by atoms with Crippen molar-refractivity contribution >= 4 is 0 Å². The average Bonchev–Trinajstić information content (AvgIpc) is 2.76. The first-order valence-electron chi connectivity index (χ1n) is 7.59. The van der Waals surface area contributed by atoms with Crippen molar-refractivity contribution in [3.63, 3.8) is 0 Å². The Morgan fingerprint density at radius 2 is 1.95 bits per heavy atom. The highest BCUT2D eigenvalue weighted by molar-refractivity contribution is 4.99. The van der Waals surface area contributed by atoms with E-state index in [1.54, 1.807) is 0 Å². The molecule has 0 aromatic carbocycles. The molecule has 1 aromatic rings. The van der Waals surface area contributed by atoms with Crippen molar-refractivity contribution < 1.29 is 4.52 Å². The molecule has 108 valence electrons.